The lowest BCUT2D eigenvalue weighted by Gasteiger charge is -2.35. The number of amides is 1. The number of hydrogen-bond acceptors (Lipinski definition) is 7. The maximum atomic E-state index is 12.9. The van der Waals surface area contributed by atoms with E-state index in [2.05, 4.69) is 48.1 Å². The smallest absolute Gasteiger partial charge is 0.287 e. The Morgan fingerprint density at radius 1 is 1.10 bits per heavy atom. The van der Waals surface area contributed by atoms with E-state index in [1.165, 1.54) is 29.2 Å². The monoisotopic (exact) mass is 437 g/mol. The van der Waals surface area contributed by atoms with Gasteiger partial charge in [-0.2, -0.15) is 0 Å². The average Bonchev–Trinajstić information content (AvgIpc) is 3.29. The zero-order chi connectivity index (χ0) is 22.0. The van der Waals surface area contributed by atoms with Crippen LogP contribution in [0.4, 0.5) is 11.5 Å². The van der Waals surface area contributed by atoms with Crippen molar-refractivity contribution in [2.24, 2.45) is 0 Å². The number of piperazine rings is 1. The van der Waals surface area contributed by atoms with Gasteiger partial charge in [0.2, 0.25) is 0 Å². The summed E-state index contributed by atoms with van der Waals surface area (Å²) in [5.41, 5.74) is 2.73. The molecule has 1 aliphatic rings. The number of hydrogen-bond donors (Lipinski definition) is 0. The van der Waals surface area contributed by atoms with E-state index >= 15 is 0 Å². The summed E-state index contributed by atoms with van der Waals surface area (Å²) in [5.74, 6) is 1.08. The fourth-order valence-corrected chi connectivity index (χ4v) is 4.29. The van der Waals surface area contributed by atoms with Gasteiger partial charge in [-0.25, -0.2) is 9.97 Å². The van der Waals surface area contributed by atoms with Crippen LogP contribution in [0.1, 0.15) is 35.8 Å². The zero-order valence-corrected chi connectivity index (χ0v) is 18.2. The van der Waals surface area contributed by atoms with Gasteiger partial charge in [0.1, 0.15) is 22.7 Å². The number of aromatic nitrogens is 2. The number of carbonyl (C=O) groups is 1. The van der Waals surface area contributed by atoms with Crippen LogP contribution in [0, 0.1) is 10.1 Å². The van der Waals surface area contributed by atoms with Crippen LogP contribution in [-0.4, -0.2) is 51.9 Å². The molecule has 2 aromatic heterocycles. The van der Waals surface area contributed by atoms with Gasteiger partial charge in [0.15, 0.2) is 0 Å². The molecule has 1 amide bonds. The Balaban J connectivity index is 1.38. The molecule has 1 aliphatic heterocycles. The second-order valence-corrected chi connectivity index (χ2v) is 8.58. The molecule has 0 saturated carbocycles. The zero-order valence-electron chi connectivity index (χ0n) is 17.4. The summed E-state index contributed by atoms with van der Waals surface area (Å²) in [4.78, 5) is 35.8. The second kappa shape index (κ2) is 8.81. The Labute approximate surface area is 184 Å². The predicted octanol–water partition coefficient (Wildman–Crippen LogP) is 4.20. The van der Waals surface area contributed by atoms with Crippen molar-refractivity contribution in [1.82, 2.24) is 14.9 Å². The molecule has 0 spiro atoms. The van der Waals surface area contributed by atoms with Crippen molar-refractivity contribution in [1.29, 1.82) is 0 Å². The number of benzene rings is 1. The first-order chi connectivity index (χ1) is 14.9. The van der Waals surface area contributed by atoms with Gasteiger partial charge in [-0.15, -0.1) is 11.3 Å². The first-order valence-electron chi connectivity index (χ1n) is 10.1. The number of carbonyl (C=O) groups excluding carboxylic acids is 1. The van der Waals surface area contributed by atoms with Crippen LogP contribution in [0.3, 0.4) is 0 Å². The molecule has 0 bridgehead atoms. The number of nitro groups is 1. The van der Waals surface area contributed by atoms with Gasteiger partial charge >= 0.3 is 0 Å². The van der Waals surface area contributed by atoms with Crippen LogP contribution in [0.25, 0.3) is 10.6 Å². The number of thiazole rings is 1. The maximum Gasteiger partial charge on any atom is 0.287 e. The first-order valence-corrected chi connectivity index (χ1v) is 11.0. The molecule has 9 heteroatoms. The molecule has 8 nitrogen and oxygen atoms in total. The molecule has 1 aromatic carbocycles. The van der Waals surface area contributed by atoms with E-state index in [4.69, 9.17) is 0 Å². The molecule has 0 N–H and O–H groups in total. The quantitative estimate of drug-likeness (QED) is 0.439. The molecule has 4 rings (SSSR count). The molecule has 160 valence electrons. The summed E-state index contributed by atoms with van der Waals surface area (Å²) in [6, 6.07) is 11.4. The van der Waals surface area contributed by atoms with E-state index in [1.807, 2.05) is 10.3 Å². The minimum Gasteiger partial charge on any atom is -0.353 e. The highest BCUT2D eigenvalue weighted by atomic mass is 32.1. The molecule has 0 atom stereocenters. The minimum atomic E-state index is -0.464. The third kappa shape index (κ3) is 4.56. The first kappa shape index (κ1) is 20.9. The number of pyridine rings is 1. The van der Waals surface area contributed by atoms with E-state index in [0.717, 1.165) is 10.6 Å². The van der Waals surface area contributed by atoms with Crippen LogP contribution in [0.2, 0.25) is 0 Å². The lowest BCUT2D eigenvalue weighted by atomic mass is 10.0. The van der Waals surface area contributed by atoms with Gasteiger partial charge in [-0.3, -0.25) is 14.9 Å². The Hall–Kier alpha value is -3.33. The molecule has 31 heavy (non-hydrogen) atoms. The van der Waals surface area contributed by atoms with Gasteiger partial charge in [0.25, 0.3) is 11.6 Å². The Bertz CT molecular complexity index is 1070. The van der Waals surface area contributed by atoms with Crippen molar-refractivity contribution >= 4 is 28.7 Å². The van der Waals surface area contributed by atoms with Crippen molar-refractivity contribution in [3.05, 3.63) is 69.3 Å². The Morgan fingerprint density at radius 2 is 1.81 bits per heavy atom. The van der Waals surface area contributed by atoms with Crippen molar-refractivity contribution < 1.29 is 9.72 Å². The minimum absolute atomic E-state index is 0.0317. The topological polar surface area (TPSA) is 92.5 Å². The Kier molecular flexibility index (Phi) is 5.94. The number of rotatable bonds is 5. The van der Waals surface area contributed by atoms with E-state index < -0.39 is 4.92 Å². The van der Waals surface area contributed by atoms with Gasteiger partial charge < -0.3 is 9.80 Å². The van der Waals surface area contributed by atoms with Gasteiger partial charge in [0, 0.05) is 43.2 Å². The maximum absolute atomic E-state index is 12.9. The molecule has 1 fully saturated rings. The van der Waals surface area contributed by atoms with Gasteiger partial charge in [0.05, 0.1) is 4.92 Å². The lowest BCUT2D eigenvalue weighted by molar-refractivity contribution is -0.385. The molecule has 0 radical (unpaired) electrons. The highest BCUT2D eigenvalue weighted by molar-refractivity contribution is 7.13. The summed E-state index contributed by atoms with van der Waals surface area (Å²) in [6.07, 6.45) is 1.26. The summed E-state index contributed by atoms with van der Waals surface area (Å²) >= 11 is 1.48. The average molecular weight is 438 g/mol. The van der Waals surface area contributed by atoms with Gasteiger partial charge in [-0.05, 0) is 17.5 Å². The summed E-state index contributed by atoms with van der Waals surface area (Å²) in [6.45, 7) is 6.65. The number of nitrogens with zero attached hydrogens (tertiary/aromatic N) is 5. The molecule has 0 unspecified atom stereocenters. The van der Waals surface area contributed by atoms with Crippen molar-refractivity contribution in [2.75, 3.05) is 31.1 Å². The molecule has 3 aromatic rings. The third-order valence-corrected chi connectivity index (χ3v) is 6.27. The van der Waals surface area contributed by atoms with Crippen LogP contribution in [0.15, 0.2) is 48.0 Å². The van der Waals surface area contributed by atoms with E-state index in [9.17, 15) is 14.9 Å². The van der Waals surface area contributed by atoms with E-state index in [-0.39, 0.29) is 11.6 Å². The fraction of sp³-hybridized carbons (Fsp3) is 0.318. The van der Waals surface area contributed by atoms with Crippen LogP contribution < -0.4 is 4.90 Å². The molecular formula is C22H23N5O3S. The molecule has 1 saturated heterocycles. The molecule has 0 aliphatic carbocycles. The van der Waals surface area contributed by atoms with E-state index in [0.29, 0.717) is 43.6 Å². The summed E-state index contributed by atoms with van der Waals surface area (Å²) < 4.78 is 0. The van der Waals surface area contributed by atoms with Crippen LogP contribution >= 0.6 is 11.3 Å². The summed E-state index contributed by atoms with van der Waals surface area (Å²) in [5, 5.41) is 13.4. The predicted molar refractivity (Wildman–Crippen MR) is 121 cm³/mol. The standard InChI is InChI=1S/C22H23N5O3S/c1-15(2)16-3-5-17(6-4-16)21-24-19(14-31-21)22(28)26-11-9-25(10-12-26)20-8-7-18(13-23-20)27(29)30/h3-8,13-15H,9-12H2,1-2H3. The molecular weight excluding hydrogens is 414 g/mol. The Morgan fingerprint density at radius 3 is 2.39 bits per heavy atom. The molecule has 3 heterocycles. The third-order valence-electron chi connectivity index (χ3n) is 5.38. The van der Waals surface area contributed by atoms with E-state index in [1.54, 1.807) is 11.0 Å². The second-order valence-electron chi connectivity index (χ2n) is 7.73. The summed E-state index contributed by atoms with van der Waals surface area (Å²) in [7, 11) is 0. The fourth-order valence-electron chi connectivity index (χ4n) is 3.49. The van der Waals surface area contributed by atoms with Crippen LogP contribution in [0.5, 0.6) is 0 Å². The highest BCUT2D eigenvalue weighted by Crippen LogP contribution is 2.26. The highest BCUT2D eigenvalue weighted by Gasteiger charge is 2.25. The van der Waals surface area contributed by atoms with Crippen LogP contribution in [-0.2, 0) is 0 Å². The lowest BCUT2D eigenvalue weighted by Crippen LogP contribution is -2.49. The normalized spacial score (nSPS) is 14.2. The number of anilines is 1. The van der Waals surface area contributed by atoms with Gasteiger partial charge in [-0.1, -0.05) is 38.1 Å². The largest absolute Gasteiger partial charge is 0.353 e. The SMILES string of the molecule is CC(C)c1ccc(-c2nc(C(=O)N3CCN(c4ccc([N+](=O)[O-])cn4)CC3)cs2)cc1. The van der Waals surface area contributed by atoms with Crippen molar-refractivity contribution in [2.45, 2.75) is 19.8 Å². The van der Waals surface area contributed by atoms with Crippen molar-refractivity contribution in [3.63, 3.8) is 0 Å². The van der Waals surface area contributed by atoms with Crippen molar-refractivity contribution in [3.8, 4) is 10.6 Å².